The predicted octanol–water partition coefficient (Wildman–Crippen LogP) is 4.18. The van der Waals surface area contributed by atoms with Gasteiger partial charge in [0, 0.05) is 29.9 Å². The molecule has 2 nitrogen and oxygen atoms in total. The molecule has 4 heterocycles. The van der Waals surface area contributed by atoms with Gasteiger partial charge >= 0.3 is 0 Å². The van der Waals surface area contributed by atoms with Gasteiger partial charge in [-0.05, 0) is 70.8 Å². The average Bonchev–Trinajstić information content (AvgIpc) is 3.13. The summed E-state index contributed by atoms with van der Waals surface area (Å²) in [6.07, 6.45) is 2.60. The zero-order valence-electron chi connectivity index (χ0n) is 12.5. The van der Waals surface area contributed by atoms with E-state index in [0.717, 1.165) is 12.6 Å². The SMILES string of the molecule is c1cc(-c2cc3c4c(c2)[C@H]2CNCC[C@H]2N4CCCS3)cs1. The monoisotopic (exact) mass is 328 g/mol. The highest BCUT2D eigenvalue weighted by molar-refractivity contribution is 7.99. The van der Waals surface area contributed by atoms with E-state index in [2.05, 4.69) is 50.9 Å². The second-order valence-corrected chi connectivity index (χ2v) is 8.40. The Kier molecular flexibility index (Phi) is 3.24. The molecule has 0 unspecified atom stereocenters. The number of hydrogen-bond acceptors (Lipinski definition) is 4. The smallest absolute Gasteiger partial charge is 0.0544 e. The Morgan fingerprint density at radius 2 is 2.23 bits per heavy atom. The van der Waals surface area contributed by atoms with E-state index in [4.69, 9.17) is 0 Å². The van der Waals surface area contributed by atoms with Crippen LogP contribution in [0, 0.1) is 0 Å². The molecule has 0 spiro atoms. The molecule has 4 heteroatoms. The molecule has 0 saturated carbocycles. The van der Waals surface area contributed by atoms with Crippen molar-refractivity contribution in [1.29, 1.82) is 0 Å². The quantitative estimate of drug-likeness (QED) is 0.845. The summed E-state index contributed by atoms with van der Waals surface area (Å²) in [5.41, 5.74) is 5.97. The summed E-state index contributed by atoms with van der Waals surface area (Å²) in [7, 11) is 0. The largest absolute Gasteiger partial charge is 0.367 e. The molecule has 3 aliphatic rings. The molecule has 0 radical (unpaired) electrons. The molecule has 1 fully saturated rings. The van der Waals surface area contributed by atoms with Crippen molar-refractivity contribution < 1.29 is 0 Å². The molecule has 0 bridgehead atoms. The van der Waals surface area contributed by atoms with Gasteiger partial charge < -0.3 is 10.2 Å². The van der Waals surface area contributed by atoms with Crippen LogP contribution < -0.4 is 10.2 Å². The number of thioether (sulfide) groups is 1. The zero-order chi connectivity index (χ0) is 14.5. The Balaban J connectivity index is 1.70. The first-order valence-electron chi connectivity index (χ1n) is 8.22. The number of rotatable bonds is 1. The van der Waals surface area contributed by atoms with Gasteiger partial charge in [0.25, 0.3) is 0 Å². The lowest BCUT2D eigenvalue weighted by Crippen LogP contribution is -2.44. The molecular weight excluding hydrogens is 308 g/mol. The molecule has 22 heavy (non-hydrogen) atoms. The van der Waals surface area contributed by atoms with E-state index in [1.807, 2.05) is 0 Å². The molecular formula is C18H20N2S2. The summed E-state index contributed by atoms with van der Waals surface area (Å²) in [6, 6.07) is 7.90. The minimum absolute atomic E-state index is 0.680. The van der Waals surface area contributed by atoms with Crippen LogP contribution in [0.5, 0.6) is 0 Å². The summed E-state index contributed by atoms with van der Waals surface area (Å²) < 4.78 is 0. The number of hydrogen-bond donors (Lipinski definition) is 1. The van der Waals surface area contributed by atoms with E-state index < -0.39 is 0 Å². The molecule has 1 aromatic heterocycles. The standard InChI is InChI=1S/C18H20N2S2/c1-5-20-16-2-4-19-10-15(16)14-8-13(12-3-7-21-11-12)9-17(18(14)20)22-6-1/h3,7-9,11,15-16,19H,1-2,4-6,10H2/t15-,16-/m1/s1. The molecule has 1 saturated heterocycles. The number of nitrogens with one attached hydrogen (secondary N) is 1. The van der Waals surface area contributed by atoms with Crippen LogP contribution in [0.3, 0.4) is 0 Å². The van der Waals surface area contributed by atoms with Crippen molar-refractivity contribution in [2.45, 2.75) is 29.7 Å². The topological polar surface area (TPSA) is 15.3 Å². The van der Waals surface area contributed by atoms with Crippen LogP contribution in [0.1, 0.15) is 24.3 Å². The van der Waals surface area contributed by atoms with Gasteiger partial charge in [0.05, 0.1) is 5.69 Å². The zero-order valence-corrected chi connectivity index (χ0v) is 14.2. The Morgan fingerprint density at radius 1 is 1.23 bits per heavy atom. The highest BCUT2D eigenvalue weighted by atomic mass is 32.2. The first-order chi connectivity index (χ1) is 10.9. The van der Waals surface area contributed by atoms with Crippen LogP contribution in [0.25, 0.3) is 11.1 Å². The number of nitrogens with zero attached hydrogens (tertiary/aromatic N) is 1. The molecule has 0 aliphatic carbocycles. The summed E-state index contributed by atoms with van der Waals surface area (Å²) >= 11 is 3.86. The van der Waals surface area contributed by atoms with Crippen molar-refractivity contribution in [2.24, 2.45) is 0 Å². The van der Waals surface area contributed by atoms with Gasteiger partial charge in [0.15, 0.2) is 0 Å². The molecule has 2 atom stereocenters. The fourth-order valence-electron chi connectivity index (χ4n) is 4.32. The third-order valence-corrected chi connectivity index (χ3v) is 7.09. The minimum atomic E-state index is 0.680. The molecule has 2 aromatic rings. The maximum absolute atomic E-state index is 3.62. The fourth-order valence-corrected chi connectivity index (χ4v) is 6.06. The Bertz CT molecular complexity index is 695. The highest BCUT2D eigenvalue weighted by Crippen LogP contribution is 2.51. The van der Waals surface area contributed by atoms with E-state index in [0.29, 0.717) is 5.92 Å². The van der Waals surface area contributed by atoms with Crippen molar-refractivity contribution in [2.75, 3.05) is 30.3 Å². The van der Waals surface area contributed by atoms with Gasteiger partial charge in [-0.25, -0.2) is 0 Å². The van der Waals surface area contributed by atoms with Crippen LogP contribution in [-0.4, -0.2) is 31.4 Å². The van der Waals surface area contributed by atoms with E-state index >= 15 is 0 Å². The summed E-state index contributed by atoms with van der Waals surface area (Å²) in [5, 5.41) is 8.08. The lowest BCUT2D eigenvalue weighted by Gasteiger charge is -2.33. The van der Waals surface area contributed by atoms with Crippen LogP contribution in [0.2, 0.25) is 0 Å². The van der Waals surface area contributed by atoms with Crippen LogP contribution in [-0.2, 0) is 0 Å². The van der Waals surface area contributed by atoms with Gasteiger partial charge in [-0.2, -0.15) is 11.3 Å². The molecule has 0 amide bonds. The number of piperidine rings is 1. The van der Waals surface area contributed by atoms with Crippen molar-refractivity contribution in [3.05, 3.63) is 34.5 Å². The third-order valence-electron chi connectivity index (χ3n) is 5.29. The first kappa shape index (κ1) is 13.5. The molecule has 5 rings (SSSR count). The molecule has 114 valence electrons. The molecule has 1 aromatic carbocycles. The van der Waals surface area contributed by atoms with Gasteiger partial charge in [-0.3, -0.25) is 0 Å². The summed E-state index contributed by atoms with van der Waals surface area (Å²) in [6.45, 7) is 3.56. The van der Waals surface area contributed by atoms with Crippen LogP contribution >= 0.6 is 23.1 Å². The molecule has 1 N–H and O–H groups in total. The molecule has 3 aliphatic heterocycles. The van der Waals surface area contributed by atoms with Gasteiger partial charge in [-0.15, -0.1) is 11.8 Å². The van der Waals surface area contributed by atoms with Gasteiger partial charge in [-0.1, -0.05) is 0 Å². The number of anilines is 1. The normalized spacial score (nSPS) is 26.5. The maximum Gasteiger partial charge on any atom is 0.0544 e. The number of thiophene rings is 1. The highest BCUT2D eigenvalue weighted by Gasteiger charge is 2.41. The van der Waals surface area contributed by atoms with Gasteiger partial charge in [0.1, 0.15) is 0 Å². The Labute approximate surface area is 139 Å². The average molecular weight is 329 g/mol. The van der Waals surface area contributed by atoms with Gasteiger partial charge in [0.2, 0.25) is 0 Å². The Morgan fingerprint density at radius 3 is 3.14 bits per heavy atom. The first-order valence-corrected chi connectivity index (χ1v) is 10.2. The number of benzene rings is 1. The predicted molar refractivity (Wildman–Crippen MR) is 96.5 cm³/mol. The Hall–Kier alpha value is -0.970. The van der Waals surface area contributed by atoms with Crippen LogP contribution in [0.4, 0.5) is 5.69 Å². The lowest BCUT2D eigenvalue weighted by atomic mass is 9.89. The number of fused-ring (bicyclic) bond motifs is 3. The summed E-state index contributed by atoms with van der Waals surface area (Å²) in [5.74, 6) is 1.94. The fraction of sp³-hybridized carbons (Fsp3) is 0.444. The third kappa shape index (κ3) is 1.97. The van der Waals surface area contributed by atoms with E-state index in [1.165, 1.54) is 47.7 Å². The maximum atomic E-state index is 3.62. The van der Waals surface area contributed by atoms with Crippen molar-refractivity contribution in [3.63, 3.8) is 0 Å². The second-order valence-electron chi connectivity index (χ2n) is 6.49. The van der Waals surface area contributed by atoms with E-state index in [9.17, 15) is 0 Å². The summed E-state index contributed by atoms with van der Waals surface area (Å²) in [4.78, 5) is 4.26. The van der Waals surface area contributed by atoms with E-state index in [-0.39, 0.29) is 0 Å². The van der Waals surface area contributed by atoms with Crippen molar-refractivity contribution >= 4 is 28.8 Å². The van der Waals surface area contributed by atoms with E-state index in [1.54, 1.807) is 22.6 Å². The lowest BCUT2D eigenvalue weighted by molar-refractivity contribution is 0.403. The van der Waals surface area contributed by atoms with Crippen molar-refractivity contribution in [3.8, 4) is 11.1 Å². The van der Waals surface area contributed by atoms with Crippen LogP contribution in [0.15, 0.2) is 33.9 Å². The van der Waals surface area contributed by atoms with Crippen molar-refractivity contribution in [1.82, 2.24) is 5.32 Å². The second kappa shape index (κ2) is 5.29. The minimum Gasteiger partial charge on any atom is -0.367 e.